The summed E-state index contributed by atoms with van der Waals surface area (Å²) >= 11 is 0. The zero-order valence-electron chi connectivity index (χ0n) is 10.5. The van der Waals surface area contributed by atoms with Gasteiger partial charge < -0.3 is 15.0 Å². The Morgan fingerprint density at radius 2 is 2.28 bits per heavy atom. The topological polar surface area (TPSA) is 86.3 Å². The van der Waals surface area contributed by atoms with E-state index in [1.807, 2.05) is 13.8 Å². The third kappa shape index (κ3) is 2.88. The molecule has 98 valence electrons. The summed E-state index contributed by atoms with van der Waals surface area (Å²) < 4.78 is 0. The zero-order valence-corrected chi connectivity index (χ0v) is 10.5. The molecule has 0 radical (unpaired) electrons. The molecule has 1 heterocycles. The second-order valence-electron chi connectivity index (χ2n) is 4.90. The lowest BCUT2D eigenvalue weighted by atomic mass is 10.2. The van der Waals surface area contributed by atoms with Crippen LogP contribution in [0.25, 0.3) is 0 Å². The lowest BCUT2D eigenvalue weighted by Crippen LogP contribution is -2.33. The third-order valence-corrected chi connectivity index (χ3v) is 2.88. The van der Waals surface area contributed by atoms with Crippen molar-refractivity contribution in [1.29, 1.82) is 0 Å². The number of rotatable bonds is 5. The van der Waals surface area contributed by atoms with Gasteiger partial charge in [-0.05, 0) is 12.8 Å². The Kier molecular flexibility index (Phi) is 3.36. The summed E-state index contributed by atoms with van der Waals surface area (Å²) in [4.78, 5) is 31.2. The number of hydrogen-bond acceptors (Lipinski definition) is 4. The van der Waals surface area contributed by atoms with Crippen LogP contribution in [0.2, 0.25) is 0 Å². The predicted molar refractivity (Wildman–Crippen MR) is 67.0 cm³/mol. The third-order valence-electron chi connectivity index (χ3n) is 2.88. The summed E-state index contributed by atoms with van der Waals surface area (Å²) in [7, 11) is 0. The molecule has 1 aliphatic carbocycles. The summed E-state index contributed by atoms with van der Waals surface area (Å²) in [6.07, 6.45) is 1.91. The van der Waals surface area contributed by atoms with Gasteiger partial charge in [0.1, 0.15) is 18.2 Å². The Bertz CT molecular complexity index is 506. The Labute approximate surface area is 105 Å². The van der Waals surface area contributed by atoms with Crippen LogP contribution in [0.5, 0.6) is 0 Å². The molecule has 1 saturated carbocycles. The van der Waals surface area contributed by atoms with Crippen molar-refractivity contribution in [1.82, 2.24) is 9.97 Å². The minimum atomic E-state index is -0.907. The van der Waals surface area contributed by atoms with Gasteiger partial charge in [0.25, 0.3) is 5.56 Å². The minimum Gasteiger partial charge on any atom is -0.480 e. The van der Waals surface area contributed by atoms with Crippen molar-refractivity contribution in [3.63, 3.8) is 0 Å². The molecule has 1 aromatic heterocycles. The summed E-state index contributed by atoms with van der Waals surface area (Å²) in [5, 5.41) is 8.91. The predicted octanol–water partition coefficient (Wildman–Crippen LogP) is 0.947. The van der Waals surface area contributed by atoms with Gasteiger partial charge in [0, 0.05) is 18.0 Å². The summed E-state index contributed by atoms with van der Waals surface area (Å²) in [6, 6.07) is 1.57. The number of nitrogens with zero attached hydrogens (tertiary/aromatic N) is 2. The highest BCUT2D eigenvalue weighted by atomic mass is 16.4. The van der Waals surface area contributed by atoms with Crippen LogP contribution in [0.3, 0.4) is 0 Å². The average molecular weight is 251 g/mol. The van der Waals surface area contributed by atoms with Crippen LogP contribution in [0.15, 0.2) is 10.9 Å². The van der Waals surface area contributed by atoms with Gasteiger partial charge in [-0.15, -0.1) is 0 Å². The number of H-pyrrole nitrogens is 1. The molecule has 18 heavy (non-hydrogen) atoms. The number of aromatic nitrogens is 2. The molecule has 0 saturated heterocycles. The highest BCUT2D eigenvalue weighted by Gasteiger charge is 2.31. The van der Waals surface area contributed by atoms with E-state index in [0.717, 1.165) is 12.8 Å². The number of aromatic amines is 1. The quantitative estimate of drug-likeness (QED) is 0.813. The second kappa shape index (κ2) is 4.80. The first kappa shape index (κ1) is 12.6. The van der Waals surface area contributed by atoms with Crippen LogP contribution in [0, 0.1) is 0 Å². The van der Waals surface area contributed by atoms with Crippen LogP contribution in [0.4, 0.5) is 5.82 Å². The maximum Gasteiger partial charge on any atom is 0.323 e. The molecular formula is C12H17N3O3. The molecule has 6 nitrogen and oxygen atoms in total. The molecule has 0 unspecified atom stereocenters. The lowest BCUT2D eigenvalue weighted by molar-refractivity contribution is -0.135. The van der Waals surface area contributed by atoms with E-state index in [4.69, 9.17) is 5.11 Å². The SMILES string of the molecule is CC(C)c1nc(N(CC(=O)O)C2CC2)cc(=O)[nH]1. The fourth-order valence-electron chi connectivity index (χ4n) is 1.81. The van der Waals surface area contributed by atoms with E-state index in [2.05, 4.69) is 9.97 Å². The van der Waals surface area contributed by atoms with E-state index in [0.29, 0.717) is 11.6 Å². The Hall–Kier alpha value is -1.85. The average Bonchev–Trinajstić information content (AvgIpc) is 3.08. The van der Waals surface area contributed by atoms with Gasteiger partial charge in [-0.25, -0.2) is 4.98 Å². The zero-order chi connectivity index (χ0) is 13.3. The van der Waals surface area contributed by atoms with Gasteiger partial charge in [0.15, 0.2) is 0 Å². The van der Waals surface area contributed by atoms with E-state index in [1.165, 1.54) is 6.07 Å². The fourth-order valence-corrected chi connectivity index (χ4v) is 1.81. The number of carboxylic acid groups (broad SMARTS) is 1. The number of hydrogen-bond donors (Lipinski definition) is 2. The van der Waals surface area contributed by atoms with Gasteiger partial charge in [-0.2, -0.15) is 0 Å². The van der Waals surface area contributed by atoms with Gasteiger partial charge in [0.05, 0.1) is 0 Å². The first-order valence-electron chi connectivity index (χ1n) is 6.07. The number of aliphatic carboxylic acids is 1. The van der Waals surface area contributed by atoms with Gasteiger partial charge in [0.2, 0.25) is 0 Å². The van der Waals surface area contributed by atoms with Crippen LogP contribution < -0.4 is 10.5 Å². The van der Waals surface area contributed by atoms with Crippen molar-refractivity contribution in [2.45, 2.75) is 38.6 Å². The largest absolute Gasteiger partial charge is 0.480 e. The minimum absolute atomic E-state index is 0.100. The van der Waals surface area contributed by atoms with Crippen molar-refractivity contribution in [3.05, 3.63) is 22.2 Å². The van der Waals surface area contributed by atoms with E-state index in [1.54, 1.807) is 4.90 Å². The van der Waals surface area contributed by atoms with E-state index < -0.39 is 5.97 Å². The maximum absolute atomic E-state index is 11.6. The standard InChI is InChI=1S/C12H17N3O3/c1-7(2)12-13-9(5-10(16)14-12)15(6-11(17)18)8-3-4-8/h5,7-8H,3-4,6H2,1-2H3,(H,17,18)(H,13,14,16). The van der Waals surface area contributed by atoms with Crippen LogP contribution >= 0.6 is 0 Å². The molecule has 2 rings (SSSR count). The number of anilines is 1. The molecule has 0 amide bonds. The lowest BCUT2D eigenvalue weighted by Gasteiger charge is -2.21. The number of nitrogens with one attached hydrogen (secondary N) is 1. The molecule has 6 heteroatoms. The maximum atomic E-state index is 11.6. The molecule has 2 N–H and O–H groups in total. The summed E-state index contributed by atoms with van der Waals surface area (Å²) in [6.45, 7) is 3.75. The smallest absolute Gasteiger partial charge is 0.323 e. The van der Waals surface area contributed by atoms with Crippen molar-refractivity contribution < 1.29 is 9.90 Å². The van der Waals surface area contributed by atoms with Gasteiger partial charge >= 0.3 is 5.97 Å². The molecule has 1 aliphatic rings. The normalized spacial score (nSPS) is 14.8. The Morgan fingerprint density at radius 1 is 1.61 bits per heavy atom. The van der Waals surface area contributed by atoms with E-state index in [9.17, 15) is 9.59 Å². The highest BCUT2D eigenvalue weighted by Crippen LogP contribution is 2.30. The molecule has 0 spiro atoms. The van der Waals surface area contributed by atoms with E-state index in [-0.39, 0.29) is 24.1 Å². The monoisotopic (exact) mass is 251 g/mol. The number of carboxylic acids is 1. The van der Waals surface area contributed by atoms with Crippen molar-refractivity contribution in [2.24, 2.45) is 0 Å². The molecule has 0 aromatic carbocycles. The second-order valence-corrected chi connectivity index (χ2v) is 4.90. The highest BCUT2D eigenvalue weighted by molar-refractivity contribution is 5.73. The van der Waals surface area contributed by atoms with Crippen molar-refractivity contribution in [3.8, 4) is 0 Å². The molecular weight excluding hydrogens is 234 g/mol. The van der Waals surface area contributed by atoms with Crippen LogP contribution in [-0.2, 0) is 4.79 Å². The van der Waals surface area contributed by atoms with Crippen LogP contribution in [-0.4, -0.2) is 33.6 Å². The first-order valence-corrected chi connectivity index (χ1v) is 6.07. The van der Waals surface area contributed by atoms with Crippen molar-refractivity contribution >= 4 is 11.8 Å². The molecule has 1 fully saturated rings. The molecule has 0 aliphatic heterocycles. The fraction of sp³-hybridized carbons (Fsp3) is 0.583. The van der Waals surface area contributed by atoms with Crippen LogP contribution in [0.1, 0.15) is 38.4 Å². The first-order chi connectivity index (χ1) is 8.47. The Morgan fingerprint density at radius 3 is 2.78 bits per heavy atom. The van der Waals surface area contributed by atoms with Crippen molar-refractivity contribution in [2.75, 3.05) is 11.4 Å². The Balaban J connectivity index is 2.34. The summed E-state index contributed by atoms with van der Waals surface area (Å²) in [5.74, 6) is 0.250. The number of carbonyl (C=O) groups is 1. The molecule has 0 atom stereocenters. The van der Waals surface area contributed by atoms with Gasteiger partial charge in [-0.3, -0.25) is 9.59 Å². The van der Waals surface area contributed by atoms with Gasteiger partial charge in [-0.1, -0.05) is 13.8 Å². The molecule has 0 bridgehead atoms. The summed E-state index contributed by atoms with van der Waals surface area (Å²) in [5.41, 5.74) is -0.236. The van der Waals surface area contributed by atoms with E-state index >= 15 is 0 Å². The molecule has 1 aromatic rings.